The van der Waals surface area contributed by atoms with E-state index >= 15 is 0 Å². The number of halogens is 2. The number of benzene rings is 1. The Kier molecular flexibility index (Phi) is 4.34. The van der Waals surface area contributed by atoms with Crippen LogP contribution in [0, 0.1) is 11.6 Å². The van der Waals surface area contributed by atoms with Crippen molar-refractivity contribution in [3.8, 4) is 0 Å². The highest BCUT2D eigenvalue weighted by Crippen LogP contribution is 2.25. The summed E-state index contributed by atoms with van der Waals surface area (Å²) in [6.07, 6.45) is 0.542. The van der Waals surface area contributed by atoms with E-state index in [1.807, 2.05) is 0 Å². The van der Waals surface area contributed by atoms with Gasteiger partial charge in [-0.3, -0.25) is 0 Å². The van der Waals surface area contributed by atoms with Crippen LogP contribution >= 0.6 is 0 Å². The summed E-state index contributed by atoms with van der Waals surface area (Å²) in [6.45, 7) is -0.275. The van der Waals surface area contributed by atoms with E-state index in [2.05, 4.69) is 0 Å². The SMILES string of the molecule is NS(=O)(=O)C1CCCN(S(=O)(=O)c2ccc(F)cc2F)C1. The van der Waals surface area contributed by atoms with Gasteiger partial charge in [0.05, 0.1) is 5.25 Å². The van der Waals surface area contributed by atoms with Gasteiger partial charge in [0.25, 0.3) is 0 Å². The molecule has 0 aliphatic carbocycles. The van der Waals surface area contributed by atoms with Crippen LogP contribution in [0.2, 0.25) is 0 Å². The standard InChI is InChI=1S/C11H14F2N2O4S2/c12-8-3-4-11(10(13)6-8)21(18,19)15-5-1-2-9(7-15)20(14,16)17/h3-4,6,9H,1-2,5,7H2,(H2,14,16,17). The molecule has 1 atom stereocenters. The molecule has 0 amide bonds. The fraction of sp³-hybridized carbons (Fsp3) is 0.455. The highest BCUT2D eigenvalue weighted by atomic mass is 32.2. The summed E-state index contributed by atoms with van der Waals surface area (Å²) >= 11 is 0. The zero-order valence-corrected chi connectivity index (χ0v) is 12.5. The van der Waals surface area contributed by atoms with Crippen LogP contribution in [0.15, 0.2) is 23.1 Å². The third-order valence-corrected chi connectivity index (χ3v) is 6.53. The Hall–Kier alpha value is -1.10. The lowest BCUT2D eigenvalue weighted by atomic mass is 10.2. The molecule has 2 rings (SSSR count). The summed E-state index contributed by atoms with van der Waals surface area (Å²) in [6, 6.07) is 2.12. The van der Waals surface area contributed by atoms with Crippen LogP contribution in [0.5, 0.6) is 0 Å². The molecule has 1 unspecified atom stereocenters. The van der Waals surface area contributed by atoms with Crippen molar-refractivity contribution in [1.82, 2.24) is 4.31 Å². The average molecular weight is 340 g/mol. The van der Waals surface area contributed by atoms with E-state index in [0.29, 0.717) is 12.5 Å². The van der Waals surface area contributed by atoms with Gasteiger partial charge in [-0.2, -0.15) is 4.31 Å². The van der Waals surface area contributed by atoms with Crippen molar-refractivity contribution in [2.75, 3.05) is 13.1 Å². The third kappa shape index (κ3) is 3.39. The number of hydrogen-bond acceptors (Lipinski definition) is 4. The quantitative estimate of drug-likeness (QED) is 0.861. The van der Waals surface area contributed by atoms with Crippen LogP contribution in [0.25, 0.3) is 0 Å². The summed E-state index contributed by atoms with van der Waals surface area (Å²) in [4.78, 5) is -0.682. The first-order valence-electron chi connectivity index (χ1n) is 6.09. The average Bonchev–Trinajstić information content (AvgIpc) is 2.37. The minimum absolute atomic E-state index is 0.0607. The Labute approximate surface area is 121 Å². The Morgan fingerprint density at radius 3 is 2.43 bits per heavy atom. The van der Waals surface area contributed by atoms with Crippen LogP contribution in [-0.2, 0) is 20.0 Å². The molecule has 1 fully saturated rings. The molecule has 1 aromatic carbocycles. The molecule has 2 N–H and O–H groups in total. The third-order valence-electron chi connectivity index (χ3n) is 3.32. The number of rotatable bonds is 3. The van der Waals surface area contributed by atoms with Crippen molar-refractivity contribution in [2.45, 2.75) is 23.0 Å². The monoisotopic (exact) mass is 340 g/mol. The Morgan fingerprint density at radius 1 is 1.19 bits per heavy atom. The first-order chi connectivity index (χ1) is 9.62. The lowest BCUT2D eigenvalue weighted by Crippen LogP contribution is -2.47. The van der Waals surface area contributed by atoms with Crippen LogP contribution in [0.1, 0.15) is 12.8 Å². The highest BCUT2D eigenvalue weighted by molar-refractivity contribution is 7.90. The Bertz CT molecular complexity index is 749. The molecule has 21 heavy (non-hydrogen) atoms. The number of nitrogens with two attached hydrogens (primary N) is 1. The van der Waals surface area contributed by atoms with E-state index < -0.39 is 41.8 Å². The molecule has 1 aromatic rings. The smallest absolute Gasteiger partial charge is 0.228 e. The van der Waals surface area contributed by atoms with Gasteiger partial charge in [0, 0.05) is 19.2 Å². The molecular formula is C11H14F2N2O4S2. The van der Waals surface area contributed by atoms with Gasteiger partial charge in [-0.1, -0.05) is 0 Å². The van der Waals surface area contributed by atoms with Crippen LogP contribution in [0.3, 0.4) is 0 Å². The minimum atomic E-state index is -4.23. The maximum Gasteiger partial charge on any atom is 0.246 e. The molecule has 1 saturated heterocycles. The van der Waals surface area contributed by atoms with Gasteiger partial charge in [-0.15, -0.1) is 0 Å². The fourth-order valence-electron chi connectivity index (χ4n) is 2.21. The lowest BCUT2D eigenvalue weighted by Gasteiger charge is -2.30. The van der Waals surface area contributed by atoms with Gasteiger partial charge in [0.15, 0.2) is 0 Å². The molecule has 0 aromatic heterocycles. The van der Waals surface area contributed by atoms with Gasteiger partial charge >= 0.3 is 0 Å². The first kappa shape index (κ1) is 16.3. The van der Waals surface area contributed by atoms with E-state index in [0.717, 1.165) is 16.4 Å². The number of primary sulfonamides is 1. The number of hydrogen-bond donors (Lipinski definition) is 1. The Balaban J connectivity index is 2.35. The maximum absolute atomic E-state index is 13.6. The van der Waals surface area contributed by atoms with Crippen LogP contribution in [0.4, 0.5) is 8.78 Å². The largest absolute Gasteiger partial charge is 0.246 e. The topological polar surface area (TPSA) is 97.5 Å². The molecule has 10 heteroatoms. The van der Waals surface area contributed by atoms with Crippen LogP contribution in [-0.4, -0.2) is 39.5 Å². The van der Waals surface area contributed by atoms with E-state index in [-0.39, 0.29) is 19.5 Å². The van der Waals surface area contributed by atoms with Crippen molar-refractivity contribution >= 4 is 20.0 Å². The van der Waals surface area contributed by atoms with Crippen molar-refractivity contribution in [3.63, 3.8) is 0 Å². The molecule has 1 heterocycles. The van der Waals surface area contributed by atoms with E-state index in [4.69, 9.17) is 5.14 Å². The Morgan fingerprint density at radius 2 is 1.86 bits per heavy atom. The predicted molar refractivity (Wildman–Crippen MR) is 71.2 cm³/mol. The first-order valence-corrected chi connectivity index (χ1v) is 9.14. The normalized spacial score (nSPS) is 21.4. The van der Waals surface area contributed by atoms with Crippen LogP contribution < -0.4 is 5.14 Å². The summed E-state index contributed by atoms with van der Waals surface area (Å²) in [5.41, 5.74) is 0. The summed E-state index contributed by atoms with van der Waals surface area (Å²) in [7, 11) is -8.11. The zero-order chi connectivity index (χ0) is 15.8. The summed E-state index contributed by atoms with van der Waals surface area (Å²) < 4.78 is 74.7. The lowest BCUT2D eigenvalue weighted by molar-refractivity contribution is 0.344. The highest BCUT2D eigenvalue weighted by Gasteiger charge is 2.36. The van der Waals surface area contributed by atoms with Gasteiger partial charge in [0.1, 0.15) is 16.5 Å². The second-order valence-electron chi connectivity index (χ2n) is 4.79. The van der Waals surface area contributed by atoms with E-state index in [1.165, 1.54) is 0 Å². The van der Waals surface area contributed by atoms with Crippen molar-refractivity contribution in [1.29, 1.82) is 0 Å². The number of sulfonamides is 2. The molecule has 118 valence electrons. The van der Waals surface area contributed by atoms with Crippen molar-refractivity contribution in [3.05, 3.63) is 29.8 Å². The number of piperidine rings is 1. The predicted octanol–water partition coefficient (Wildman–Crippen LogP) is 0.406. The fourth-order valence-corrected chi connectivity index (χ4v) is 4.76. The number of nitrogens with zero attached hydrogens (tertiary/aromatic N) is 1. The zero-order valence-electron chi connectivity index (χ0n) is 10.9. The molecule has 0 radical (unpaired) electrons. The minimum Gasteiger partial charge on any atom is -0.228 e. The maximum atomic E-state index is 13.6. The molecule has 1 aliphatic heterocycles. The summed E-state index contributed by atoms with van der Waals surface area (Å²) in [5, 5.41) is 4.01. The molecular weight excluding hydrogens is 326 g/mol. The van der Waals surface area contributed by atoms with Gasteiger partial charge < -0.3 is 0 Å². The second kappa shape index (κ2) is 5.59. The molecule has 0 bridgehead atoms. The molecule has 6 nitrogen and oxygen atoms in total. The van der Waals surface area contributed by atoms with Crippen molar-refractivity contribution in [2.24, 2.45) is 5.14 Å². The summed E-state index contributed by atoms with van der Waals surface area (Å²) in [5.74, 6) is -2.11. The van der Waals surface area contributed by atoms with E-state index in [1.54, 1.807) is 0 Å². The second-order valence-corrected chi connectivity index (χ2v) is 8.54. The van der Waals surface area contributed by atoms with Gasteiger partial charge in [-0.05, 0) is 25.0 Å². The van der Waals surface area contributed by atoms with Crippen molar-refractivity contribution < 1.29 is 25.6 Å². The van der Waals surface area contributed by atoms with Gasteiger partial charge in [-0.25, -0.2) is 30.8 Å². The molecule has 1 aliphatic rings. The van der Waals surface area contributed by atoms with Gasteiger partial charge in [0.2, 0.25) is 20.0 Å². The van der Waals surface area contributed by atoms with E-state index in [9.17, 15) is 25.6 Å². The molecule has 0 spiro atoms. The molecule has 0 saturated carbocycles.